The average molecular weight is 384 g/mol. The highest BCUT2D eigenvalue weighted by Gasteiger charge is 2.15. The zero-order chi connectivity index (χ0) is 20.5. The summed E-state index contributed by atoms with van der Waals surface area (Å²) in [7, 11) is 3.27. The molecule has 0 bridgehead atoms. The third-order valence-corrected chi connectivity index (χ3v) is 5.03. The number of hydrogen-bond donors (Lipinski definition) is 0. The van der Waals surface area contributed by atoms with Crippen molar-refractivity contribution in [1.82, 2.24) is 4.57 Å². The van der Waals surface area contributed by atoms with Crippen molar-refractivity contribution in [3.63, 3.8) is 0 Å². The maximum absolute atomic E-state index is 13.4. The summed E-state index contributed by atoms with van der Waals surface area (Å²) in [5.41, 5.74) is 4.16. The second-order valence-corrected chi connectivity index (χ2v) is 6.72. The van der Waals surface area contributed by atoms with Gasteiger partial charge in [-0.05, 0) is 47.0 Å². The fourth-order valence-corrected chi connectivity index (χ4v) is 3.50. The quantitative estimate of drug-likeness (QED) is 0.505. The number of nitrogens with zero attached hydrogens (tertiary/aromatic N) is 2. The molecule has 4 nitrogen and oxygen atoms in total. The third kappa shape index (κ3) is 3.26. The minimum atomic E-state index is -0.315. The first-order chi connectivity index (χ1) is 14.0. The van der Waals surface area contributed by atoms with Crippen molar-refractivity contribution >= 4 is 10.9 Å². The van der Waals surface area contributed by atoms with Crippen molar-refractivity contribution in [3.05, 3.63) is 88.5 Å². The van der Waals surface area contributed by atoms with E-state index in [1.54, 1.807) is 55.1 Å². The number of benzene rings is 3. The van der Waals surface area contributed by atoms with E-state index in [0.717, 1.165) is 27.6 Å². The highest BCUT2D eigenvalue weighted by Crippen LogP contribution is 2.37. The zero-order valence-corrected chi connectivity index (χ0v) is 15.9. The molecule has 0 atom stereocenters. The van der Waals surface area contributed by atoms with Gasteiger partial charge in [0.25, 0.3) is 5.56 Å². The van der Waals surface area contributed by atoms with Crippen LogP contribution in [-0.2, 0) is 7.05 Å². The molecule has 0 amide bonds. The van der Waals surface area contributed by atoms with Gasteiger partial charge in [0.15, 0.2) is 0 Å². The molecule has 0 saturated heterocycles. The van der Waals surface area contributed by atoms with Crippen molar-refractivity contribution < 1.29 is 9.13 Å². The zero-order valence-electron chi connectivity index (χ0n) is 15.9. The summed E-state index contributed by atoms with van der Waals surface area (Å²) in [4.78, 5) is 12.6. The van der Waals surface area contributed by atoms with Crippen LogP contribution in [-0.4, -0.2) is 11.7 Å². The molecule has 0 saturated carbocycles. The first-order valence-corrected chi connectivity index (χ1v) is 9.00. The molecule has 0 radical (unpaired) electrons. The molecule has 29 heavy (non-hydrogen) atoms. The van der Waals surface area contributed by atoms with Crippen LogP contribution in [0.25, 0.3) is 33.2 Å². The number of ether oxygens (including phenoxy) is 1. The van der Waals surface area contributed by atoms with Gasteiger partial charge in [-0.15, -0.1) is 0 Å². The molecule has 4 aromatic rings. The molecule has 0 fully saturated rings. The van der Waals surface area contributed by atoms with Crippen LogP contribution in [0.4, 0.5) is 4.39 Å². The number of rotatable bonds is 3. The van der Waals surface area contributed by atoms with E-state index in [9.17, 15) is 14.4 Å². The summed E-state index contributed by atoms with van der Waals surface area (Å²) < 4.78 is 20.5. The Kier molecular flexibility index (Phi) is 4.61. The van der Waals surface area contributed by atoms with Gasteiger partial charge >= 0.3 is 0 Å². The predicted molar refractivity (Wildman–Crippen MR) is 111 cm³/mol. The Bertz CT molecular complexity index is 1330. The SMILES string of the molecule is COc1cc2c(cc1-c1ccc(F)cc1)c(-c1cccc(C#N)c1)cc(=O)n2C. The monoisotopic (exact) mass is 384 g/mol. The van der Waals surface area contributed by atoms with E-state index in [4.69, 9.17) is 4.74 Å². The number of pyridine rings is 1. The van der Waals surface area contributed by atoms with Gasteiger partial charge in [-0.2, -0.15) is 5.26 Å². The predicted octanol–water partition coefficient (Wildman–Crippen LogP) is 4.89. The molecule has 0 unspecified atom stereocenters. The van der Waals surface area contributed by atoms with Gasteiger partial charge in [-0.1, -0.05) is 24.3 Å². The van der Waals surface area contributed by atoms with Gasteiger partial charge in [0.1, 0.15) is 11.6 Å². The average Bonchev–Trinajstić information content (AvgIpc) is 2.76. The molecule has 142 valence electrons. The molecule has 0 aliphatic carbocycles. The molecular formula is C24H17FN2O2. The van der Waals surface area contributed by atoms with E-state index in [1.807, 2.05) is 18.2 Å². The molecule has 1 aromatic heterocycles. The maximum Gasteiger partial charge on any atom is 0.251 e. The fourth-order valence-electron chi connectivity index (χ4n) is 3.50. The van der Waals surface area contributed by atoms with Crippen molar-refractivity contribution in [2.24, 2.45) is 7.05 Å². The van der Waals surface area contributed by atoms with E-state index < -0.39 is 0 Å². The van der Waals surface area contributed by atoms with Gasteiger partial charge < -0.3 is 9.30 Å². The summed E-state index contributed by atoms with van der Waals surface area (Å²) in [6.07, 6.45) is 0. The lowest BCUT2D eigenvalue weighted by molar-refractivity contribution is 0.417. The smallest absolute Gasteiger partial charge is 0.251 e. The minimum Gasteiger partial charge on any atom is -0.496 e. The molecular weight excluding hydrogens is 367 g/mol. The van der Waals surface area contributed by atoms with Crippen LogP contribution in [0.3, 0.4) is 0 Å². The first kappa shape index (κ1) is 18.5. The van der Waals surface area contributed by atoms with Gasteiger partial charge in [0.05, 0.1) is 24.3 Å². The van der Waals surface area contributed by atoms with E-state index >= 15 is 0 Å². The van der Waals surface area contributed by atoms with Crippen molar-refractivity contribution in [1.29, 1.82) is 5.26 Å². The molecule has 4 rings (SSSR count). The van der Waals surface area contributed by atoms with Gasteiger partial charge in [-0.25, -0.2) is 4.39 Å². The molecule has 5 heteroatoms. The van der Waals surface area contributed by atoms with Crippen LogP contribution in [0.1, 0.15) is 5.56 Å². The Morgan fingerprint density at radius 2 is 1.72 bits per heavy atom. The number of aromatic nitrogens is 1. The standard InChI is InChI=1S/C24H17FN2O2/c1-27-22-13-23(29-2)20(16-6-8-18(25)9-7-16)11-21(22)19(12-24(27)28)17-5-3-4-15(10-17)14-26/h3-13H,1-2H3. The lowest BCUT2D eigenvalue weighted by Gasteiger charge is -2.16. The van der Waals surface area contributed by atoms with Gasteiger partial charge in [-0.3, -0.25) is 4.79 Å². The van der Waals surface area contributed by atoms with Crippen LogP contribution in [0.5, 0.6) is 5.75 Å². The first-order valence-electron chi connectivity index (χ1n) is 9.00. The highest BCUT2D eigenvalue weighted by atomic mass is 19.1. The Balaban J connectivity index is 2.08. The lowest BCUT2D eigenvalue weighted by Crippen LogP contribution is -2.16. The third-order valence-electron chi connectivity index (χ3n) is 5.03. The summed E-state index contributed by atoms with van der Waals surface area (Å²) in [5.74, 6) is 0.270. The highest BCUT2D eigenvalue weighted by molar-refractivity contribution is 5.99. The molecule has 0 N–H and O–H groups in total. The van der Waals surface area contributed by atoms with Crippen molar-refractivity contribution in [3.8, 4) is 34.1 Å². The molecule has 0 spiro atoms. The van der Waals surface area contributed by atoms with Crippen molar-refractivity contribution in [2.75, 3.05) is 7.11 Å². The normalized spacial score (nSPS) is 10.7. The van der Waals surface area contributed by atoms with Gasteiger partial charge in [0.2, 0.25) is 0 Å². The van der Waals surface area contributed by atoms with Crippen molar-refractivity contribution in [2.45, 2.75) is 0 Å². The van der Waals surface area contributed by atoms with Crippen LogP contribution in [0.2, 0.25) is 0 Å². The van der Waals surface area contributed by atoms with E-state index in [1.165, 1.54) is 12.1 Å². The van der Waals surface area contributed by atoms with Gasteiger partial charge in [0, 0.05) is 30.1 Å². The Labute approximate surface area is 167 Å². The molecule has 1 heterocycles. The number of halogens is 1. The largest absolute Gasteiger partial charge is 0.496 e. The fraction of sp³-hybridized carbons (Fsp3) is 0.0833. The van der Waals surface area contributed by atoms with Crippen LogP contribution < -0.4 is 10.3 Å². The Morgan fingerprint density at radius 1 is 0.966 bits per heavy atom. The lowest BCUT2D eigenvalue weighted by atomic mass is 9.95. The molecule has 0 aliphatic heterocycles. The second kappa shape index (κ2) is 7.25. The summed E-state index contributed by atoms with van der Waals surface area (Å²) >= 11 is 0. The van der Waals surface area contributed by atoms with Crippen LogP contribution >= 0.6 is 0 Å². The summed E-state index contributed by atoms with van der Waals surface area (Å²) in [6.45, 7) is 0. The number of fused-ring (bicyclic) bond motifs is 1. The number of hydrogen-bond acceptors (Lipinski definition) is 3. The van der Waals surface area contributed by atoms with E-state index in [2.05, 4.69) is 6.07 Å². The maximum atomic E-state index is 13.4. The number of methoxy groups -OCH3 is 1. The number of nitriles is 1. The number of aryl methyl sites for hydroxylation is 1. The minimum absolute atomic E-state index is 0.161. The molecule has 3 aromatic carbocycles. The molecule has 0 aliphatic rings. The van der Waals surface area contributed by atoms with E-state index in [0.29, 0.717) is 16.8 Å². The summed E-state index contributed by atoms with van der Waals surface area (Å²) in [6, 6.07) is 20.8. The Morgan fingerprint density at radius 3 is 2.41 bits per heavy atom. The van der Waals surface area contributed by atoms with E-state index in [-0.39, 0.29) is 11.4 Å². The van der Waals surface area contributed by atoms with Crippen LogP contribution in [0.15, 0.2) is 71.5 Å². The topological polar surface area (TPSA) is 55.0 Å². The van der Waals surface area contributed by atoms with Crippen LogP contribution in [0, 0.1) is 17.1 Å². The second-order valence-electron chi connectivity index (χ2n) is 6.72. The Hall–Kier alpha value is -3.91. The summed E-state index contributed by atoms with van der Waals surface area (Å²) in [5, 5.41) is 10.1.